The first-order valence-electron chi connectivity index (χ1n) is 8.56. The number of likely N-dealkylation sites (tertiary alicyclic amines) is 1. The molecule has 2 heterocycles. The lowest BCUT2D eigenvalue weighted by Crippen LogP contribution is -2.42. The molecule has 5 nitrogen and oxygen atoms in total. The molecule has 0 radical (unpaired) electrons. The van der Waals surface area contributed by atoms with Gasteiger partial charge in [-0.2, -0.15) is 4.98 Å². The molecule has 1 fully saturated rings. The van der Waals surface area contributed by atoms with Crippen molar-refractivity contribution < 1.29 is 9.63 Å². The molecule has 0 spiro atoms. The van der Waals surface area contributed by atoms with Crippen LogP contribution in [0.1, 0.15) is 32.1 Å². The number of hydrogen-bond donors (Lipinski definition) is 1. The van der Waals surface area contributed by atoms with E-state index in [1.165, 1.54) is 0 Å². The van der Waals surface area contributed by atoms with Crippen LogP contribution in [0.2, 0.25) is 5.02 Å². The number of aromatic nitrogens is 2. The summed E-state index contributed by atoms with van der Waals surface area (Å²) in [6.07, 6.45) is 3.91. The first-order valence-corrected chi connectivity index (χ1v) is 8.94. The maximum Gasteiger partial charge on any atom is 0.228 e. The summed E-state index contributed by atoms with van der Waals surface area (Å²) in [4.78, 5) is 6.88. The molecule has 0 unspecified atom stereocenters. The second-order valence-electron chi connectivity index (χ2n) is 6.62. The molecule has 3 rings (SSSR count). The van der Waals surface area contributed by atoms with E-state index >= 15 is 0 Å². The molecule has 1 N–H and O–H groups in total. The Morgan fingerprint density at radius 3 is 2.58 bits per heavy atom. The van der Waals surface area contributed by atoms with E-state index in [0.717, 1.165) is 50.9 Å². The average molecular weight is 350 g/mol. The highest BCUT2D eigenvalue weighted by Gasteiger charge is 2.32. The van der Waals surface area contributed by atoms with Gasteiger partial charge in [-0.15, -0.1) is 0 Å². The minimum atomic E-state index is 0.128. The van der Waals surface area contributed by atoms with Crippen molar-refractivity contribution in [3.63, 3.8) is 0 Å². The molecule has 2 aromatic rings. The molecule has 0 amide bonds. The van der Waals surface area contributed by atoms with Gasteiger partial charge in [-0.25, -0.2) is 0 Å². The number of halogens is 1. The molecule has 1 aromatic carbocycles. The largest absolute Gasteiger partial charge is 0.396 e. The SMILES string of the molecule is CCC1(CO)CCN(CCc2nc(-c3ccc(Cl)cc3)no2)CC1. The predicted octanol–water partition coefficient (Wildman–Crippen LogP) is 3.42. The normalized spacial score (nSPS) is 18.0. The zero-order valence-electron chi connectivity index (χ0n) is 14.0. The molecule has 130 valence electrons. The fourth-order valence-electron chi connectivity index (χ4n) is 3.20. The van der Waals surface area contributed by atoms with Gasteiger partial charge in [-0.3, -0.25) is 0 Å². The topological polar surface area (TPSA) is 62.4 Å². The van der Waals surface area contributed by atoms with E-state index in [1.807, 2.05) is 24.3 Å². The summed E-state index contributed by atoms with van der Waals surface area (Å²) >= 11 is 5.90. The summed E-state index contributed by atoms with van der Waals surface area (Å²) in [6, 6.07) is 7.42. The molecule has 0 atom stereocenters. The maximum absolute atomic E-state index is 9.60. The van der Waals surface area contributed by atoms with Crippen molar-refractivity contribution >= 4 is 11.6 Å². The van der Waals surface area contributed by atoms with Gasteiger partial charge in [0, 0.05) is 30.2 Å². The lowest BCUT2D eigenvalue weighted by Gasteiger charge is -2.40. The number of benzene rings is 1. The molecule has 1 aromatic heterocycles. The van der Waals surface area contributed by atoms with Crippen LogP contribution in [0.3, 0.4) is 0 Å². The number of nitrogens with zero attached hydrogens (tertiary/aromatic N) is 3. The Kier molecular flexibility index (Phi) is 5.54. The van der Waals surface area contributed by atoms with Crippen molar-refractivity contribution in [2.45, 2.75) is 32.6 Å². The molecule has 1 aliphatic rings. The van der Waals surface area contributed by atoms with E-state index in [1.54, 1.807) is 0 Å². The Balaban J connectivity index is 1.52. The van der Waals surface area contributed by atoms with Gasteiger partial charge < -0.3 is 14.5 Å². The first-order chi connectivity index (χ1) is 11.6. The lowest BCUT2D eigenvalue weighted by molar-refractivity contribution is 0.0407. The summed E-state index contributed by atoms with van der Waals surface area (Å²) in [7, 11) is 0. The third-order valence-electron chi connectivity index (χ3n) is 5.21. The van der Waals surface area contributed by atoms with Crippen LogP contribution < -0.4 is 0 Å². The van der Waals surface area contributed by atoms with Gasteiger partial charge >= 0.3 is 0 Å². The predicted molar refractivity (Wildman–Crippen MR) is 93.9 cm³/mol. The molecule has 24 heavy (non-hydrogen) atoms. The highest BCUT2D eigenvalue weighted by molar-refractivity contribution is 6.30. The zero-order valence-corrected chi connectivity index (χ0v) is 14.8. The van der Waals surface area contributed by atoms with Crippen molar-refractivity contribution in [3.05, 3.63) is 35.2 Å². The third kappa shape index (κ3) is 3.97. The summed E-state index contributed by atoms with van der Waals surface area (Å²) in [5, 5.41) is 14.3. The van der Waals surface area contributed by atoms with Gasteiger partial charge in [0.1, 0.15) is 0 Å². The zero-order chi connectivity index (χ0) is 17.0. The highest BCUT2D eigenvalue weighted by Crippen LogP contribution is 2.34. The van der Waals surface area contributed by atoms with Crippen LogP contribution in [0, 0.1) is 5.41 Å². The molecule has 0 saturated carbocycles. The molecule has 0 aliphatic carbocycles. The summed E-state index contributed by atoms with van der Waals surface area (Å²) in [5.74, 6) is 1.26. The minimum absolute atomic E-state index is 0.128. The van der Waals surface area contributed by atoms with Crippen LogP contribution >= 0.6 is 11.6 Å². The van der Waals surface area contributed by atoms with Crippen LogP contribution in [0.25, 0.3) is 11.4 Å². The van der Waals surface area contributed by atoms with Crippen LogP contribution in [-0.2, 0) is 6.42 Å². The number of piperidine rings is 1. The Hall–Kier alpha value is -1.43. The molecular weight excluding hydrogens is 326 g/mol. The van der Waals surface area contributed by atoms with Gasteiger partial charge in [0.15, 0.2) is 0 Å². The summed E-state index contributed by atoms with van der Waals surface area (Å²) in [6.45, 7) is 5.42. The Bertz CT molecular complexity index is 643. The van der Waals surface area contributed by atoms with Crippen LogP contribution in [0.5, 0.6) is 0 Å². The fourth-order valence-corrected chi connectivity index (χ4v) is 3.33. The van der Waals surface area contributed by atoms with Gasteiger partial charge in [0.05, 0.1) is 0 Å². The Labute approximate surface area is 147 Å². The van der Waals surface area contributed by atoms with Gasteiger partial charge in [-0.05, 0) is 62.0 Å². The van der Waals surface area contributed by atoms with Crippen LogP contribution in [-0.4, -0.2) is 46.4 Å². The van der Waals surface area contributed by atoms with Crippen LogP contribution in [0.4, 0.5) is 0 Å². The van der Waals surface area contributed by atoms with E-state index in [2.05, 4.69) is 22.0 Å². The first kappa shape index (κ1) is 17.4. The Morgan fingerprint density at radius 1 is 1.25 bits per heavy atom. The quantitative estimate of drug-likeness (QED) is 0.865. The number of aliphatic hydroxyl groups is 1. The fraction of sp³-hybridized carbons (Fsp3) is 0.556. The van der Waals surface area contributed by atoms with E-state index in [-0.39, 0.29) is 5.41 Å². The van der Waals surface area contributed by atoms with E-state index in [9.17, 15) is 5.11 Å². The van der Waals surface area contributed by atoms with Gasteiger partial charge in [0.25, 0.3) is 0 Å². The lowest BCUT2D eigenvalue weighted by atomic mass is 9.77. The summed E-state index contributed by atoms with van der Waals surface area (Å²) < 4.78 is 5.36. The number of rotatable bonds is 6. The monoisotopic (exact) mass is 349 g/mol. The van der Waals surface area contributed by atoms with Gasteiger partial charge in [0.2, 0.25) is 11.7 Å². The van der Waals surface area contributed by atoms with Crippen molar-refractivity contribution in [2.24, 2.45) is 5.41 Å². The van der Waals surface area contributed by atoms with Crippen molar-refractivity contribution in [1.82, 2.24) is 15.0 Å². The second-order valence-corrected chi connectivity index (χ2v) is 7.06. The maximum atomic E-state index is 9.60. The highest BCUT2D eigenvalue weighted by atomic mass is 35.5. The molecular formula is C18H24ClN3O2. The van der Waals surface area contributed by atoms with E-state index in [4.69, 9.17) is 16.1 Å². The van der Waals surface area contributed by atoms with Crippen LogP contribution in [0.15, 0.2) is 28.8 Å². The number of aliphatic hydroxyl groups excluding tert-OH is 1. The molecule has 1 aliphatic heterocycles. The summed E-state index contributed by atoms with van der Waals surface area (Å²) in [5.41, 5.74) is 1.03. The van der Waals surface area contributed by atoms with Crippen molar-refractivity contribution in [2.75, 3.05) is 26.2 Å². The molecule has 6 heteroatoms. The Morgan fingerprint density at radius 2 is 1.96 bits per heavy atom. The minimum Gasteiger partial charge on any atom is -0.396 e. The van der Waals surface area contributed by atoms with Gasteiger partial charge in [-0.1, -0.05) is 23.7 Å². The van der Waals surface area contributed by atoms with Crippen molar-refractivity contribution in [3.8, 4) is 11.4 Å². The standard InChI is InChI=1S/C18H24ClN3O2/c1-2-18(13-23)8-11-22(12-9-18)10-7-16-20-17(21-24-16)14-3-5-15(19)6-4-14/h3-6,23H,2,7-13H2,1H3. The van der Waals surface area contributed by atoms with E-state index < -0.39 is 0 Å². The smallest absolute Gasteiger partial charge is 0.228 e. The third-order valence-corrected chi connectivity index (χ3v) is 5.47. The molecule has 1 saturated heterocycles. The average Bonchev–Trinajstić information content (AvgIpc) is 3.10. The second kappa shape index (κ2) is 7.64. The molecule has 0 bridgehead atoms. The number of hydrogen-bond acceptors (Lipinski definition) is 5. The van der Waals surface area contributed by atoms with E-state index in [0.29, 0.717) is 23.3 Å². The van der Waals surface area contributed by atoms with Crippen molar-refractivity contribution in [1.29, 1.82) is 0 Å².